The average molecular weight is 438 g/mol. The highest BCUT2D eigenvalue weighted by Gasteiger charge is 2.17. The predicted molar refractivity (Wildman–Crippen MR) is 108 cm³/mol. The predicted octanol–water partition coefficient (Wildman–Crippen LogP) is 1.98. The zero-order chi connectivity index (χ0) is 19.4. The van der Waals surface area contributed by atoms with Crippen molar-refractivity contribution >= 4 is 21.9 Å². The number of aliphatic imine (C=N–C) groups is 1. The van der Waals surface area contributed by atoms with E-state index in [1.807, 2.05) is 32.6 Å². The van der Waals surface area contributed by atoms with Crippen molar-refractivity contribution in [1.29, 1.82) is 0 Å². The fourth-order valence-electron chi connectivity index (χ4n) is 3.10. The molecule has 0 saturated carbocycles. The van der Waals surface area contributed by atoms with E-state index in [0.717, 1.165) is 54.6 Å². The van der Waals surface area contributed by atoms with Gasteiger partial charge in [0.15, 0.2) is 11.8 Å². The number of guanidine groups is 1. The number of ether oxygens (including phenoxy) is 1. The van der Waals surface area contributed by atoms with Crippen LogP contribution in [0.15, 0.2) is 21.7 Å². The maximum Gasteiger partial charge on any atom is 0.194 e. The Bertz CT molecular complexity index is 792. The van der Waals surface area contributed by atoms with Gasteiger partial charge in [-0.25, -0.2) is 4.99 Å². The molecule has 1 fully saturated rings. The van der Waals surface area contributed by atoms with Crippen molar-refractivity contribution < 1.29 is 4.74 Å². The summed E-state index contributed by atoms with van der Waals surface area (Å²) in [6.45, 7) is 4.78. The molecule has 1 atom stereocenters. The molecule has 3 heterocycles. The van der Waals surface area contributed by atoms with Gasteiger partial charge in [0, 0.05) is 50.7 Å². The molecule has 0 aliphatic carbocycles. The summed E-state index contributed by atoms with van der Waals surface area (Å²) in [7, 11) is 6.06. The Morgan fingerprint density at radius 1 is 1.44 bits per heavy atom. The van der Waals surface area contributed by atoms with Crippen LogP contribution in [0.2, 0.25) is 0 Å². The fourth-order valence-corrected chi connectivity index (χ4v) is 3.67. The molecule has 1 saturated heterocycles. The number of rotatable bonds is 6. The third kappa shape index (κ3) is 5.10. The molecule has 27 heavy (non-hydrogen) atoms. The minimum Gasteiger partial charge on any atom is -0.376 e. The summed E-state index contributed by atoms with van der Waals surface area (Å²) in [4.78, 5) is 6.92. The first-order chi connectivity index (χ1) is 12.9. The molecule has 0 spiro atoms. The second kappa shape index (κ2) is 8.88. The second-order valence-corrected chi connectivity index (χ2v) is 7.91. The van der Waals surface area contributed by atoms with Crippen molar-refractivity contribution in [2.75, 3.05) is 20.2 Å². The van der Waals surface area contributed by atoms with Gasteiger partial charge in [-0.3, -0.25) is 0 Å². The number of halogens is 1. The van der Waals surface area contributed by atoms with Gasteiger partial charge in [-0.05, 0) is 41.8 Å². The molecule has 1 N–H and O–H groups in total. The number of hydrogen-bond donors (Lipinski definition) is 1. The number of aryl methyl sites for hydroxylation is 2. The van der Waals surface area contributed by atoms with Gasteiger partial charge in [-0.15, -0.1) is 10.2 Å². The highest BCUT2D eigenvalue weighted by Crippen LogP contribution is 2.15. The van der Waals surface area contributed by atoms with Crippen LogP contribution in [0, 0.1) is 6.92 Å². The maximum absolute atomic E-state index is 5.74. The molecular weight excluding hydrogens is 410 g/mol. The first-order valence-corrected chi connectivity index (χ1v) is 10.00. The Labute approximate surface area is 168 Å². The van der Waals surface area contributed by atoms with Crippen LogP contribution in [0.4, 0.5) is 0 Å². The number of hydrogen-bond acceptors (Lipinski definition) is 4. The van der Waals surface area contributed by atoms with Gasteiger partial charge in [-0.2, -0.15) is 0 Å². The molecular formula is C18H28BrN7O. The van der Waals surface area contributed by atoms with Crippen LogP contribution >= 0.6 is 15.9 Å². The molecule has 0 radical (unpaired) electrons. The van der Waals surface area contributed by atoms with Crippen LogP contribution in [0.5, 0.6) is 0 Å². The van der Waals surface area contributed by atoms with Crippen LogP contribution < -0.4 is 5.32 Å². The summed E-state index contributed by atoms with van der Waals surface area (Å²) in [6.07, 6.45) is 4.54. The molecule has 9 heteroatoms. The van der Waals surface area contributed by atoms with Gasteiger partial charge in [0.05, 0.1) is 12.6 Å². The Balaban J connectivity index is 1.71. The van der Waals surface area contributed by atoms with Gasteiger partial charge in [-0.1, -0.05) is 0 Å². The van der Waals surface area contributed by atoms with E-state index < -0.39 is 0 Å². The van der Waals surface area contributed by atoms with E-state index in [-0.39, 0.29) is 6.10 Å². The Morgan fingerprint density at radius 2 is 2.26 bits per heavy atom. The highest BCUT2D eigenvalue weighted by atomic mass is 79.9. The van der Waals surface area contributed by atoms with Crippen molar-refractivity contribution in [1.82, 2.24) is 29.5 Å². The molecule has 3 rings (SSSR count). The van der Waals surface area contributed by atoms with Gasteiger partial charge in [0.25, 0.3) is 0 Å². The maximum atomic E-state index is 5.74. The van der Waals surface area contributed by atoms with E-state index in [1.165, 1.54) is 5.69 Å². The summed E-state index contributed by atoms with van der Waals surface area (Å²) in [5.41, 5.74) is 1.20. The molecule has 0 amide bonds. The monoisotopic (exact) mass is 437 g/mol. The number of aromatic nitrogens is 4. The van der Waals surface area contributed by atoms with Crippen LogP contribution in [0.25, 0.3) is 0 Å². The van der Waals surface area contributed by atoms with Crippen LogP contribution in [-0.4, -0.2) is 56.5 Å². The van der Waals surface area contributed by atoms with E-state index >= 15 is 0 Å². The molecule has 1 aliphatic rings. The van der Waals surface area contributed by atoms with Crippen molar-refractivity contribution in [2.24, 2.45) is 19.1 Å². The first-order valence-electron chi connectivity index (χ1n) is 9.20. The minimum absolute atomic E-state index is 0.254. The Kier molecular flexibility index (Phi) is 6.54. The third-order valence-electron chi connectivity index (χ3n) is 4.90. The molecule has 1 aliphatic heterocycles. The van der Waals surface area contributed by atoms with Crippen molar-refractivity contribution in [3.8, 4) is 0 Å². The van der Waals surface area contributed by atoms with E-state index in [1.54, 1.807) is 0 Å². The molecule has 0 bridgehead atoms. The average Bonchev–Trinajstić information content (AvgIpc) is 3.33. The van der Waals surface area contributed by atoms with Crippen molar-refractivity contribution in [3.63, 3.8) is 0 Å². The molecule has 1 unspecified atom stereocenters. The SMILES string of the molecule is Cc1nnc(CN=C(NCC2CCCO2)N(C)Cc2cc(Br)cn2C)n1C. The van der Waals surface area contributed by atoms with Crippen molar-refractivity contribution in [2.45, 2.75) is 39.0 Å². The quantitative estimate of drug-likeness (QED) is 0.552. The number of nitrogens with zero attached hydrogens (tertiary/aromatic N) is 6. The summed E-state index contributed by atoms with van der Waals surface area (Å²) in [5.74, 6) is 2.57. The summed E-state index contributed by atoms with van der Waals surface area (Å²) < 4.78 is 10.9. The minimum atomic E-state index is 0.254. The smallest absolute Gasteiger partial charge is 0.194 e. The lowest BCUT2D eigenvalue weighted by Crippen LogP contribution is -2.42. The summed E-state index contributed by atoms with van der Waals surface area (Å²) in [5, 5.41) is 11.8. The lowest BCUT2D eigenvalue weighted by atomic mass is 10.2. The van der Waals surface area contributed by atoms with E-state index in [2.05, 4.69) is 53.2 Å². The van der Waals surface area contributed by atoms with Gasteiger partial charge >= 0.3 is 0 Å². The molecule has 8 nitrogen and oxygen atoms in total. The molecule has 0 aromatic carbocycles. The van der Waals surface area contributed by atoms with Gasteiger partial charge in [0.2, 0.25) is 0 Å². The zero-order valence-electron chi connectivity index (χ0n) is 16.4. The molecule has 148 valence electrons. The first kappa shape index (κ1) is 19.9. The summed E-state index contributed by atoms with van der Waals surface area (Å²) in [6, 6.07) is 2.13. The van der Waals surface area contributed by atoms with Crippen LogP contribution in [0.3, 0.4) is 0 Å². The van der Waals surface area contributed by atoms with E-state index in [0.29, 0.717) is 6.54 Å². The van der Waals surface area contributed by atoms with Gasteiger partial charge < -0.3 is 24.1 Å². The molecule has 2 aromatic heterocycles. The molecule has 2 aromatic rings. The fraction of sp³-hybridized carbons (Fsp3) is 0.611. The van der Waals surface area contributed by atoms with Crippen LogP contribution in [0.1, 0.15) is 30.2 Å². The lowest BCUT2D eigenvalue weighted by Gasteiger charge is -2.24. The largest absolute Gasteiger partial charge is 0.376 e. The summed E-state index contributed by atoms with van der Waals surface area (Å²) >= 11 is 3.54. The van der Waals surface area contributed by atoms with E-state index in [4.69, 9.17) is 9.73 Å². The lowest BCUT2D eigenvalue weighted by molar-refractivity contribution is 0.113. The van der Waals surface area contributed by atoms with Crippen LogP contribution in [-0.2, 0) is 31.9 Å². The number of nitrogens with one attached hydrogen (secondary N) is 1. The third-order valence-corrected chi connectivity index (χ3v) is 5.33. The zero-order valence-corrected chi connectivity index (χ0v) is 18.0. The highest BCUT2D eigenvalue weighted by molar-refractivity contribution is 9.10. The topological polar surface area (TPSA) is 72.5 Å². The second-order valence-electron chi connectivity index (χ2n) is 6.99. The van der Waals surface area contributed by atoms with E-state index in [9.17, 15) is 0 Å². The normalized spacial score (nSPS) is 17.5. The van der Waals surface area contributed by atoms with Crippen molar-refractivity contribution in [3.05, 3.63) is 34.1 Å². The standard InChI is InChI=1S/C18H28BrN7O/c1-13-22-23-17(26(13)4)10-21-18(20-9-16-6-5-7-27-16)25(3)12-15-8-14(19)11-24(15)2/h8,11,16H,5-7,9-10,12H2,1-4H3,(H,20,21). The Hall–Kier alpha value is -1.87. The van der Waals surface area contributed by atoms with Gasteiger partial charge in [0.1, 0.15) is 12.4 Å². The Morgan fingerprint density at radius 3 is 2.85 bits per heavy atom.